The number of likely N-dealkylation sites (tertiary alicyclic amines) is 1. The molecule has 1 aromatic carbocycles. The third kappa shape index (κ3) is 4.88. The van der Waals surface area contributed by atoms with Gasteiger partial charge in [0.05, 0.1) is 5.56 Å². The van der Waals surface area contributed by atoms with Gasteiger partial charge in [-0.25, -0.2) is 9.59 Å². The van der Waals surface area contributed by atoms with Crippen molar-refractivity contribution in [1.82, 2.24) is 9.88 Å². The maximum atomic E-state index is 12.2. The second kappa shape index (κ2) is 8.00. The van der Waals surface area contributed by atoms with Crippen molar-refractivity contribution in [2.45, 2.75) is 45.1 Å². The van der Waals surface area contributed by atoms with Crippen LogP contribution >= 0.6 is 0 Å². The second-order valence-electron chi connectivity index (χ2n) is 8.10. The van der Waals surface area contributed by atoms with Gasteiger partial charge in [0, 0.05) is 36.5 Å². The smallest absolute Gasteiger partial charge is 0.410 e. The van der Waals surface area contributed by atoms with Gasteiger partial charge in [0.25, 0.3) is 0 Å². The Balaban J connectivity index is 1.60. The summed E-state index contributed by atoms with van der Waals surface area (Å²) in [5.74, 6) is -0.611. The second-order valence-corrected chi connectivity index (χ2v) is 8.10. The normalized spacial score (nSPS) is 15.3. The predicted octanol–water partition coefficient (Wildman–Crippen LogP) is 4.56. The summed E-state index contributed by atoms with van der Waals surface area (Å²) < 4.78 is 5.44. The molecule has 1 aliphatic rings. The molecule has 3 rings (SSSR count). The highest BCUT2D eigenvalue weighted by Crippen LogP contribution is 2.29. The van der Waals surface area contributed by atoms with Crippen molar-refractivity contribution in [3.8, 4) is 11.1 Å². The molecule has 6 heteroatoms. The number of carbonyl (C=O) groups is 2. The van der Waals surface area contributed by atoms with Crippen LogP contribution in [-0.2, 0) is 4.74 Å². The molecule has 6 nitrogen and oxygen atoms in total. The highest BCUT2D eigenvalue weighted by atomic mass is 16.6. The van der Waals surface area contributed by atoms with E-state index in [2.05, 4.69) is 4.98 Å². The van der Waals surface area contributed by atoms with E-state index in [9.17, 15) is 9.59 Å². The number of benzene rings is 1. The molecular weight excluding hydrogens is 356 g/mol. The summed E-state index contributed by atoms with van der Waals surface area (Å²) >= 11 is 0. The number of hydrogen-bond acceptors (Lipinski definition) is 4. The summed E-state index contributed by atoms with van der Waals surface area (Å²) in [4.78, 5) is 29.5. The van der Waals surface area contributed by atoms with E-state index in [1.807, 2.05) is 39.1 Å². The molecule has 0 radical (unpaired) electrons. The number of rotatable bonds is 3. The van der Waals surface area contributed by atoms with Crippen LogP contribution in [0.1, 0.15) is 55.6 Å². The van der Waals surface area contributed by atoms with E-state index in [4.69, 9.17) is 9.84 Å². The van der Waals surface area contributed by atoms with Crippen molar-refractivity contribution >= 4 is 12.1 Å². The fourth-order valence-electron chi connectivity index (χ4n) is 3.31. The topological polar surface area (TPSA) is 79.7 Å². The molecule has 2 aromatic rings. The van der Waals surface area contributed by atoms with Crippen LogP contribution in [0, 0.1) is 0 Å². The molecule has 1 aromatic heterocycles. The Labute approximate surface area is 165 Å². The van der Waals surface area contributed by atoms with Crippen molar-refractivity contribution < 1.29 is 19.4 Å². The van der Waals surface area contributed by atoms with Crippen LogP contribution in [0.25, 0.3) is 11.1 Å². The van der Waals surface area contributed by atoms with Crippen LogP contribution in [0.15, 0.2) is 42.6 Å². The van der Waals surface area contributed by atoms with Gasteiger partial charge in [-0.1, -0.05) is 18.2 Å². The molecule has 0 aliphatic carbocycles. The van der Waals surface area contributed by atoms with Gasteiger partial charge in [-0.15, -0.1) is 0 Å². The Hall–Kier alpha value is -2.89. The van der Waals surface area contributed by atoms with Gasteiger partial charge in [-0.3, -0.25) is 4.98 Å². The molecule has 1 saturated heterocycles. The standard InChI is InChI=1S/C22H26N2O4/c1-22(2,3)28-21(27)24-12-10-16(11-13-24)19-9-8-18(14-23-19)15-4-6-17(7-5-15)20(25)26/h4-9,14,16H,10-13H2,1-3H3,(H,25,26). The van der Waals surface area contributed by atoms with E-state index in [1.165, 1.54) is 0 Å². The Kier molecular flexibility index (Phi) is 5.68. The predicted molar refractivity (Wildman–Crippen MR) is 106 cm³/mol. The van der Waals surface area contributed by atoms with Gasteiger partial charge < -0.3 is 14.7 Å². The number of carbonyl (C=O) groups excluding carboxylic acids is 1. The first-order valence-electron chi connectivity index (χ1n) is 9.50. The Bertz CT molecular complexity index is 830. The molecule has 1 amide bonds. The number of carboxylic acids is 1. The monoisotopic (exact) mass is 382 g/mol. The summed E-state index contributed by atoms with van der Waals surface area (Å²) in [6.07, 6.45) is 3.29. The van der Waals surface area contributed by atoms with E-state index >= 15 is 0 Å². The summed E-state index contributed by atoms with van der Waals surface area (Å²) in [5.41, 5.74) is 2.70. The zero-order chi connectivity index (χ0) is 20.3. The fraction of sp³-hybridized carbons (Fsp3) is 0.409. The summed E-state index contributed by atoms with van der Waals surface area (Å²) in [6, 6.07) is 10.8. The molecule has 28 heavy (non-hydrogen) atoms. The lowest BCUT2D eigenvalue weighted by molar-refractivity contribution is 0.0204. The number of nitrogens with zero attached hydrogens (tertiary/aromatic N) is 2. The summed E-state index contributed by atoms with van der Waals surface area (Å²) in [7, 11) is 0. The number of ether oxygens (including phenoxy) is 1. The first-order valence-corrected chi connectivity index (χ1v) is 9.50. The number of piperidine rings is 1. The lowest BCUT2D eigenvalue weighted by atomic mass is 9.92. The first-order chi connectivity index (χ1) is 13.2. The van der Waals surface area contributed by atoms with Crippen molar-refractivity contribution in [3.05, 3.63) is 53.9 Å². The minimum absolute atomic E-state index is 0.251. The van der Waals surface area contributed by atoms with Gasteiger partial charge >= 0.3 is 12.1 Å². The first kappa shape index (κ1) is 19.9. The van der Waals surface area contributed by atoms with Crippen molar-refractivity contribution in [3.63, 3.8) is 0 Å². The van der Waals surface area contributed by atoms with E-state index in [0.717, 1.165) is 29.7 Å². The zero-order valence-corrected chi connectivity index (χ0v) is 16.5. The maximum Gasteiger partial charge on any atom is 0.410 e. The van der Waals surface area contributed by atoms with Crippen LogP contribution in [0.4, 0.5) is 4.79 Å². The number of amides is 1. The van der Waals surface area contributed by atoms with Crippen LogP contribution in [0.5, 0.6) is 0 Å². The number of pyridine rings is 1. The largest absolute Gasteiger partial charge is 0.478 e. The fourth-order valence-corrected chi connectivity index (χ4v) is 3.31. The van der Waals surface area contributed by atoms with E-state index in [0.29, 0.717) is 19.0 Å². The van der Waals surface area contributed by atoms with Gasteiger partial charge in [0.1, 0.15) is 5.60 Å². The Morgan fingerprint density at radius 1 is 1.04 bits per heavy atom. The molecule has 0 spiro atoms. The van der Waals surface area contributed by atoms with Crippen molar-refractivity contribution in [2.75, 3.05) is 13.1 Å². The average molecular weight is 382 g/mol. The molecule has 1 fully saturated rings. The molecule has 148 valence electrons. The minimum atomic E-state index is -0.933. The molecule has 0 bridgehead atoms. The Morgan fingerprint density at radius 3 is 2.14 bits per heavy atom. The quantitative estimate of drug-likeness (QED) is 0.842. The highest BCUT2D eigenvalue weighted by Gasteiger charge is 2.27. The SMILES string of the molecule is CC(C)(C)OC(=O)N1CCC(c2ccc(-c3ccc(C(=O)O)cc3)cn2)CC1. The molecule has 0 saturated carbocycles. The van der Waals surface area contributed by atoms with E-state index < -0.39 is 11.6 Å². The van der Waals surface area contributed by atoms with E-state index in [-0.39, 0.29) is 11.7 Å². The number of aromatic nitrogens is 1. The Morgan fingerprint density at radius 2 is 1.64 bits per heavy atom. The maximum absolute atomic E-state index is 12.2. The number of aromatic carboxylic acids is 1. The van der Waals surface area contributed by atoms with Crippen LogP contribution in [-0.4, -0.2) is 45.7 Å². The number of carboxylic acid groups (broad SMARTS) is 1. The van der Waals surface area contributed by atoms with Gasteiger partial charge in [-0.2, -0.15) is 0 Å². The van der Waals surface area contributed by atoms with Crippen LogP contribution < -0.4 is 0 Å². The van der Waals surface area contributed by atoms with Crippen LogP contribution in [0.3, 0.4) is 0 Å². The number of hydrogen-bond donors (Lipinski definition) is 1. The third-order valence-corrected chi connectivity index (χ3v) is 4.82. The molecule has 2 heterocycles. The van der Waals surface area contributed by atoms with Gasteiger partial charge in [-0.05, 0) is 57.4 Å². The van der Waals surface area contributed by atoms with Crippen molar-refractivity contribution in [1.29, 1.82) is 0 Å². The molecule has 0 atom stereocenters. The zero-order valence-electron chi connectivity index (χ0n) is 16.5. The summed E-state index contributed by atoms with van der Waals surface area (Å²) in [5, 5.41) is 8.99. The van der Waals surface area contributed by atoms with E-state index in [1.54, 1.807) is 29.2 Å². The third-order valence-electron chi connectivity index (χ3n) is 4.82. The molecular formula is C22H26N2O4. The molecule has 1 aliphatic heterocycles. The van der Waals surface area contributed by atoms with Crippen molar-refractivity contribution in [2.24, 2.45) is 0 Å². The van der Waals surface area contributed by atoms with Gasteiger partial charge in [0.2, 0.25) is 0 Å². The van der Waals surface area contributed by atoms with Crippen LogP contribution in [0.2, 0.25) is 0 Å². The highest BCUT2D eigenvalue weighted by molar-refractivity contribution is 5.88. The lowest BCUT2D eigenvalue weighted by Crippen LogP contribution is -2.41. The minimum Gasteiger partial charge on any atom is -0.478 e. The lowest BCUT2D eigenvalue weighted by Gasteiger charge is -2.33. The van der Waals surface area contributed by atoms with Gasteiger partial charge in [0.15, 0.2) is 0 Å². The molecule has 0 unspecified atom stereocenters. The average Bonchev–Trinajstić information content (AvgIpc) is 2.67. The molecule has 1 N–H and O–H groups in total. The summed E-state index contributed by atoms with van der Waals surface area (Å²) in [6.45, 7) is 6.95.